The van der Waals surface area contributed by atoms with E-state index in [1.54, 1.807) is 0 Å². The van der Waals surface area contributed by atoms with Crippen LogP contribution < -0.4 is 14.8 Å². The van der Waals surface area contributed by atoms with Gasteiger partial charge in [0, 0.05) is 17.8 Å². The van der Waals surface area contributed by atoms with E-state index in [1.807, 2.05) is 18.2 Å². The SMILES string of the molecule is CCCCN1C(=S)NC(c2ccc(C)c(C)c2)C(c2nc(-c3ccc4c(c3)OCO4)no2)=C1C. The Morgan fingerprint density at radius 2 is 1.88 bits per heavy atom. The topological polar surface area (TPSA) is 72.7 Å². The Morgan fingerprint density at radius 3 is 2.68 bits per heavy atom. The highest BCUT2D eigenvalue weighted by Crippen LogP contribution is 2.39. The summed E-state index contributed by atoms with van der Waals surface area (Å²) in [4.78, 5) is 6.93. The second kappa shape index (κ2) is 9.10. The average molecular weight is 477 g/mol. The van der Waals surface area contributed by atoms with Crippen molar-refractivity contribution in [2.75, 3.05) is 13.3 Å². The summed E-state index contributed by atoms with van der Waals surface area (Å²) in [6.07, 6.45) is 2.12. The van der Waals surface area contributed by atoms with Gasteiger partial charge in [-0.1, -0.05) is 36.7 Å². The second-order valence-electron chi connectivity index (χ2n) is 8.72. The fraction of sp³-hybridized carbons (Fsp3) is 0.346. The first kappa shape index (κ1) is 22.4. The summed E-state index contributed by atoms with van der Waals surface area (Å²) in [7, 11) is 0. The lowest BCUT2D eigenvalue weighted by atomic mass is 9.92. The summed E-state index contributed by atoms with van der Waals surface area (Å²) in [6, 6.07) is 11.9. The highest BCUT2D eigenvalue weighted by molar-refractivity contribution is 7.80. The number of aromatic nitrogens is 2. The normalized spacial score (nSPS) is 17.4. The number of nitrogens with zero attached hydrogens (tertiary/aromatic N) is 3. The molecule has 0 aliphatic carbocycles. The number of fused-ring (bicyclic) bond motifs is 1. The predicted octanol–water partition coefficient (Wildman–Crippen LogP) is 5.54. The third kappa shape index (κ3) is 4.03. The molecule has 5 rings (SSSR count). The van der Waals surface area contributed by atoms with Gasteiger partial charge in [0.05, 0.1) is 11.6 Å². The predicted molar refractivity (Wildman–Crippen MR) is 134 cm³/mol. The molecule has 8 heteroatoms. The zero-order valence-electron chi connectivity index (χ0n) is 19.8. The Kier molecular flexibility index (Phi) is 6.00. The van der Waals surface area contributed by atoms with Crippen molar-refractivity contribution in [2.45, 2.75) is 46.6 Å². The molecule has 0 bridgehead atoms. The lowest BCUT2D eigenvalue weighted by Gasteiger charge is -2.37. The van der Waals surface area contributed by atoms with Crippen LogP contribution in [-0.2, 0) is 0 Å². The molecule has 0 spiro atoms. The van der Waals surface area contributed by atoms with Crippen molar-refractivity contribution in [3.63, 3.8) is 0 Å². The van der Waals surface area contributed by atoms with Crippen LogP contribution >= 0.6 is 12.2 Å². The van der Waals surface area contributed by atoms with Gasteiger partial charge in [0.15, 0.2) is 16.6 Å². The van der Waals surface area contributed by atoms with Gasteiger partial charge in [-0.3, -0.25) is 0 Å². The molecule has 0 saturated heterocycles. The molecular weight excluding hydrogens is 448 g/mol. The fourth-order valence-electron chi connectivity index (χ4n) is 4.32. The Labute approximate surface area is 204 Å². The van der Waals surface area contributed by atoms with E-state index in [-0.39, 0.29) is 12.8 Å². The molecule has 0 amide bonds. The fourth-order valence-corrected chi connectivity index (χ4v) is 4.67. The number of aryl methyl sites for hydroxylation is 2. The molecule has 0 saturated carbocycles. The molecule has 0 fully saturated rings. The minimum absolute atomic E-state index is 0.185. The molecule has 2 aliphatic rings. The first-order valence-corrected chi connectivity index (χ1v) is 12.0. The zero-order chi connectivity index (χ0) is 23.8. The number of ether oxygens (including phenoxy) is 2. The summed E-state index contributed by atoms with van der Waals surface area (Å²) in [6.45, 7) is 9.54. The van der Waals surface area contributed by atoms with E-state index in [0.29, 0.717) is 22.6 Å². The first-order valence-electron chi connectivity index (χ1n) is 11.6. The Bertz CT molecular complexity index is 1280. The Hall–Kier alpha value is -3.39. The summed E-state index contributed by atoms with van der Waals surface area (Å²) >= 11 is 5.77. The molecule has 1 atom stereocenters. The van der Waals surface area contributed by atoms with Crippen LogP contribution in [0.5, 0.6) is 11.5 Å². The van der Waals surface area contributed by atoms with E-state index in [4.69, 9.17) is 31.2 Å². The van der Waals surface area contributed by atoms with Crippen molar-refractivity contribution in [3.05, 3.63) is 64.7 Å². The van der Waals surface area contributed by atoms with Crippen molar-refractivity contribution >= 4 is 22.9 Å². The third-order valence-corrected chi connectivity index (χ3v) is 6.82. The van der Waals surface area contributed by atoms with E-state index in [0.717, 1.165) is 47.5 Å². The van der Waals surface area contributed by atoms with Gasteiger partial charge in [-0.05, 0) is 74.3 Å². The van der Waals surface area contributed by atoms with E-state index in [9.17, 15) is 0 Å². The summed E-state index contributed by atoms with van der Waals surface area (Å²) in [5, 5.41) is 8.54. The minimum atomic E-state index is -0.185. The average Bonchev–Trinajstić information content (AvgIpc) is 3.49. The first-order chi connectivity index (χ1) is 16.5. The molecule has 2 aromatic carbocycles. The maximum Gasteiger partial charge on any atom is 0.258 e. The Balaban J connectivity index is 1.58. The van der Waals surface area contributed by atoms with Crippen molar-refractivity contribution in [3.8, 4) is 22.9 Å². The van der Waals surface area contributed by atoms with Crippen molar-refractivity contribution in [2.24, 2.45) is 0 Å². The molecule has 176 valence electrons. The van der Waals surface area contributed by atoms with Crippen LogP contribution in [0.4, 0.5) is 0 Å². The molecule has 0 radical (unpaired) electrons. The number of benzene rings is 2. The highest BCUT2D eigenvalue weighted by atomic mass is 32.1. The van der Waals surface area contributed by atoms with Crippen LogP contribution in [0.1, 0.15) is 55.3 Å². The number of thiocarbonyl (C=S) groups is 1. The number of allylic oxidation sites excluding steroid dienone is 1. The zero-order valence-corrected chi connectivity index (χ0v) is 20.7. The molecule has 7 nitrogen and oxygen atoms in total. The minimum Gasteiger partial charge on any atom is -0.454 e. The lowest BCUT2D eigenvalue weighted by molar-refractivity contribution is 0.174. The van der Waals surface area contributed by atoms with Crippen LogP contribution in [0.2, 0.25) is 0 Å². The van der Waals surface area contributed by atoms with Crippen LogP contribution in [0.3, 0.4) is 0 Å². The van der Waals surface area contributed by atoms with Crippen LogP contribution in [-0.4, -0.2) is 33.5 Å². The van der Waals surface area contributed by atoms with E-state index < -0.39 is 0 Å². The van der Waals surface area contributed by atoms with Crippen molar-refractivity contribution in [1.29, 1.82) is 0 Å². The van der Waals surface area contributed by atoms with Gasteiger partial charge >= 0.3 is 0 Å². The summed E-state index contributed by atoms with van der Waals surface area (Å²) in [5.74, 6) is 2.38. The monoisotopic (exact) mass is 476 g/mol. The van der Waals surface area contributed by atoms with Gasteiger partial charge in [-0.2, -0.15) is 4.98 Å². The third-order valence-electron chi connectivity index (χ3n) is 6.48. The van der Waals surface area contributed by atoms with Crippen LogP contribution in [0.15, 0.2) is 46.6 Å². The molecule has 1 N–H and O–H groups in total. The molecule has 1 unspecified atom stereocenters. The summed E-state index contributed by atoms with van der Waals surface area (Å²) in [5.41, 5.74) is 6.35. The van der Waals surface area contributed by atoms with Crippen molar-refractivity contribution < 1.29 is 14.0 Å². The van der Waals surface area contributed by atoms with E-state index in [1.165, 1.54) is 11.1 Å². The maximum atomic E-state index is 5.84. The van der Waals surface area contributed by atoms with Gasteiger partial charge in [0.25, 0.3) is 5.89 Å². The number of nitrogens with one attached hydrogen (secondary N) is 1. The number of hydrogen-bond donors (Lipinski definition) is 1. The lowest BCUT2D eigenvalue weighted by Crippen LogP contribution is -2.46. The molecule has 34 heavy (non-hydrogen) atoms. The number of unbranched alkanes of at least 4 members (excludes halogenated alkanes) is 1. The van der Waals surface area contributed by atoms with Gasteiger partial charge in [-0.25, -0.2) is 0 Å². The maximum absolute atomic E-state index is 5.84. The van der Waals surface area contributed by atoms with Gasteiger partial charge in [0.1, 0.15) is 0 Å². The van der Waals surface area contributed by atoms with Crippen LogP contribution in [0.25, 0.3) is 17.0 Å². The highest BCUT2D eigenvalue weighted by Gasteiger charge is 2.34. The number of rotatable bonds is 6. The Morgan fingerprint density at radius 1 is 1.06 bits per heavy atom. The van der Waals surface area contributed by atoms with Crippen molar-refractivity contribution in [1.82, 2.24) is 20.4 Å². The molecular formula is C26H28N4O3S. The van der Waals surface area contributed by atoms with Gasteiger partial charge in [0.2, 0.25) is 12.6 Å². The summed E-state index contributed by atoms with van der Waals surface area (Å²) < 4.78 is 16.8. The standard InChI is InChI=1S/C26H28N4O3S/c1-5-6-11-30-17(4)22(23(27-26(30)34)18-8-7-15(2)16(3)12-18)25-28-24(29-33-25)19-9-10-20-21(13-19)32-14-31-20/h7-10,12-13,23H,5-6,11,14H2,1-4H3,(H,27,34). The quantitative estimate of drug-likeness (QED) is 0.465. The largest absolute Gasteiger partial charge is 0.454 e. The molecule has 3 aromatic rings. The van der Waals surface area contributed by atoms with E-state index in [2.05, 4.69) is 61.3 Å². The number of hydrogen-bond acceptors (Lipinski definition) is 6. The smallest absolute Gasteiger partial charge is 0.258 e. The van der Waals surface area contributed by atoms with E-state index >= 15 is 0 Å². The molecule has 1 aromatic heterocycles. The van der Waals surface area contributed by atoms with Crippen LogP contribution in [0, 0.1) is 13.8 Å². The molecule has 2 aliphatic heterocycles. The van der Waals surface area contributed by atoms with Gasteiger partial charge < -0.3 is 24.2 Å². The molecule has 3 heterocycles. The van der Waals surface area contributed by atoms with Gasteiger partial charge in [-0.15, -0.1) is 0 Å². The second-order valence-corrected chi connectivity index (χ2v) is 9.11.